The number of amides is 1. The molecule has 0 aliphatic rings. The van der Waals surface area contributed by atoms with Gasteiger partial charge in [-0.2, -0.15) is 0 Å². The second-order valence-electron chi connectivity index (χ2n) is 5.47. The average Bonchev–Trinajstić information content (AvgIpc) is 2.53. The molecular formula is C17H19BrN2O3S. The maximum Gasteiger partial charge on any atom is 0.241 e. The summed E-state index contributed by atoms with van der Waals surface area (Å²) in [7, 11) is -3.57. The Morgan fingerprint density at radius 1 is 1.17 bits per heavy atom. The van der Waals surface area contributed by atoms with Crippen LogP contribution in [0.5, 0.6) is 0 Å². The summed E-state index contributed by atoms with van der Waals surface area (Å²) < 4.78 is 26.1. The van der Waals surface area contributed by atoms with E-state index in [4.69, 9.17) is 0 Å². The first-order chi connectivity index (χ1) is 11.3. The molecule has 2 aromatic rings. The smallest absolute Gasteiger partial charge is 0.241 e. The van der Waals surface area contributed by atoms with E-state index in [1.807, 2.05) is 37.3 Å². The number of nitrogens with one attached hydrogen (secondary N) is 1. The van der Waals surface area contributed by atoms with Crippen molar-refractivity contribution in [2.24, 2.45) is 0 Å². The second kappa shape index (κ2) is 7.81. The van der Waals surface area contributed by atoms with E-state index >= 15 is 0 Å². The Kier molecular flexibility index (Phi) is 6.01. The maximum absolute atomic E-state index is 12.2. The molecule has 0 atom stereocenters. The molecule has 0 saturated heterocycles. The van der Waals surface area contributed by atoms with Crippen LogP contribution in [0.3, 0.4) is 0 Å². The van der Waals surface area contributed by atoms with Gasteiger partial charge in [-0.15, -0.1) is 0 Å². The fraction of sp³-hybridized carbons (Fsp3) is 0.235. The van der Waals surface area contributed by atoms with Crippen LogP contribution in [0.25, 0.3) is 0 Å². The predicted octanol–water partition coefficient (Wildman–Crippen LogP) is 2.84. The third-order valence-electron chi connectivity index (χ3n) is 3.45. The number of carbonyl (C=O) groups excluding carboxylic acids is 1. The highest BCUT2D eigenvalue weighted by atomic mass is 79.9. The Morgan fingerprint density at radius 3 is 2.42 bits per heavy atom. The SMILES string of the molecule is Cc1cc(N(CC(=O)NCc2ccccc2)S(C)(=O)=O)ccc1Br. The van der Waals surface area contributed by atoms with Gasteiger partial charge in [-0.25, -0.2) is 8.42 Å². The Hall–Kier alpha value is -1.86. The third-order valence-corrected chi connectivity index (χ3v) is 5.48. The molecule has 0 radical (unpaired) electrons. The van der Waals surface area contributed by atoms with Crippen LogP contribution in [-0.4, -0.2) is 27.1 Å². The van der Waals surface area contributed by atoms with Gasteiger partial charge < -0.3 is 5.32 Å². The molecule has 5 nitrogen and oxygen atoms in total. The highest BCUT2D eigenvalue weighted by Gasteiger charge is 2.21. The molecule has 0 aromatic heterocycles. The molecule has 0 bridgehead atoms. The fourth-order valence-electron chi connectivity index (χ4n) is 2.17. The zero-order valence-electron chi connectivity index (χ0n) is 13.5. The number of carbonyl (C=O) groups is 1. The minimum atomic E-state index is -3.57. The van der Waals surface area contributed by atoms with Gasteiger partial charge in [0.25, 0.3) is 0 Å². The highest BCUT2D eigenvalue weighted by molar-refractivity contribution is 9.10. The molecule has 7 heteroatoms. The summed E-state index contributed by atoms with van der Waals surface area (Å²) in [6.07, 6.45) is 1.09. The third kappa shape index (κ3) is 5.07. The van der Waals surface area contributed by atoms with Crippen molar-refractivity contribution in [3.05, 3.63) is 64.1 Å². The number of halogens is 1. The molecular weight excluding hydrogens is 392 g/mol. The first-order valence-electron chi connectivity index (χ1n) is 7.32. The van der Waals surface area contributed by atoms with Crippen molar-refractivity contribution < 1.29 is 13.2 Å². The molecule has 24 heavy (non-hydrogen) atoms. The number of hydrogen-bond donors (Lipinski definition) is 1. The van der Waals surface area contributed by atoms with Crippen LogP contribution in [0.2, 0.25) is 0 Å². The van der Waals surface area contributed by atoms with Gasteiger partial charge in [0.1, 0.15) is 6.54 Å². The largest absolute Gasteiger partial charge is 0.350 e. The van der Waals surface area contributed by atoms with Gasteiger partial charge in [0.2, 0.25) is 15.9 Å². The van der Waals surface area contributed by atoms with Crippen molar-refractivity contribution in [3.63, 3.8) is 0 Å². The van der Waals surface area contributed by atoms with Gasteiger partial charge in [-0.3, -0.25) is 9.10 Å². The lowest BCUT2D eigenvalue weighted by molar-refractivity contribution is -0.119. The lowest BCUT2D eigenvalue weighted by atomic mass is 10.2. The summed E-state index contributed by atoms with van der Waals surface area (Å²) in [5.41, 5.74) is 2.31. The van der Waals surface area contributed by atoms with E-state index < -0.39 is 10.0 Å². The van der Waals surface area contributed by atoms with E-state index in [0.717, 1.165) is 26.2 Å². The van der Waals surface area contributed by atoms with E-state index in [-0.39, 0.29) is 12.5 Å². The number of hydrogen-bond acceptors (Lipinski definition) is 3. The average molecular weight is 411 g/mol. The molecule has 0 fully saturated rings. The minimum absolute atomic E-state index is 0.257. The van der Waals surface area contributed by atoms with Crippen LogP contribution in [0.15, 0.2) is 53.0 Å². The number of rotatable bonds is 6. The summed E-state index contributed by atoms with van der Waals surface area (Å²) in [5.74, 6) is -0.357. The summed E-state index contributed by atoms with van der Waals surface area (Å²) >= 11 is 3.38. The van der Waals surface area contributed by atoms with Gasteiger partial charge in [-0.05, 0) is 36.2 Å². The Balaban J connectivity index is 2.11. The van der Waals surface area contributed by atoms with Gasteiger partial charge in [0, 0.05) is 11.0 Å². The second-order valence-corrected chi connectivity index (χ2v) is 8.23. The molecule has 2 aromatic carbocycles. The van der Waals surface area contributed by atoms with Crippen molar-refractivity contribution >= 4 is 37.5 Å². The van der Waals surface area contributed by atoms with Crippen molar-refractivity contribution in [2.75, 3.05) is 17.1 Å². The van der Waals surface area contributed by atoms with Gasteiger partial charge in [-0.1, -0.05) is 46.3 Å². The van der Waals surface area contributed by atoms with Gasteiger partial charge in [0.05, 0.1) is 11.9 Å². The molecule has 0 spiro atoms. The number of sulfonamides is 1. The molecule has 128 valence electrons. The maximum atomic E-state index is 12.2. The first-order valence-corrected chi connectivity index (χ1v) is 9.96. The van der Waals surface area contributed by atoms with Crippen LogP contribution >= 0.6 is 15.9 Å². The fourth-order valence-corrected chi connectivity index (χ4v) is 3.26. The zero-order chi connectivity index (χ0) is 17.7. The molecule has 1 N–H and O–H groups in total. The molecule has 0 unspecified atom stereocenters. The summed E-state index contributed by atoms with van der Waals surface area (Å²) in [4.78, 5) is 12.2. The highest BCUT2D eigenvalue weighted by Crippen LogP contribution is 2.24. The quantitative estimate of drug-likeness (QED) is 0.795. The molecule has 0 saturated carbocycles. The number of aryl methyl sites for hydroxylation is 1. The molecule has 0 aliphatic heterocycles. The van der Waals surface area contributed by atoms with Crippen LogP contribution in [0.4, 0.5) is 5.69 Å². The molecule has 2 rings (SSSR count). The van der Waals surface area contributed by atoms with Gasteiger partial charge in [0.15, 0.2) is 0 Å². The van der Waals surface area contributed by atoms with E-state index in [2.05, 4.69) is 21.2 Å². The lowest BCUT2D eigenvalue weighted by Crippen LogP contribution is -2.40. The van der Waals surface area contributed by atoms with Crippen molar-refractivity contribution in [1.29, 1.82) is 0 Å². The van der Waals surface area contributed by atoms with E-state index in [9.17, 15) is 13.2 Å². The Morgan fingerprint density at radius 2 is 1.83 bits per heavy atom. The van der Waals surface area contributed by atoms with Crippen molar-refractivity contribution in [2.45, 2.75) is 13.5 Å². The summed E-state index contributed by atoms with van der Waals surface area (Å²) in [6, 6.07) is 14.6. The first kappa shape index (κ1) is 18.5. The standard InChI is InChI=1S/C17H19BrN2O3S/c1-13-10-15(8-9-16(13)18)20(24(2,22)23)12-17(21)19-11-14-6-4-3-5-7-14/h3-10H,11-12H2,1-2H3,(H,19,21). The van der Waals surface area contributed by atoms with Gasteiger partial charge >= 0.3 is 0 Å². The van der Waals surface area contributed by atoms with Crippen molar-refractivity contribution in [1.82, 2.24) is 5.32 Å². The topological polar surface area (TPSA) is 66.5 Å². The molecule has 0 aliphatic carbocycles. The number of benzene rings is 2. The van der Waals surface area contributed by atoms with Crippen LogP contribution < -0.4 is 9.62 Å². The van der Waals surface area contributed by atoms with E-state index in [1.54, 1.807) is 18.2 Å². The van der Waals surface area contributed by atoms with Crippen LogP contribution in [0, 0.1) is 6.92 Å². The van der Waals surface area contributed by atoms with Crippen LogP contribution in [-0.2, 0) is 21.4 Å². The lowest BCUT2D eigenvalue weighted by Gasteiger charge is -2.22. The molecule has 0 heterocycles. The predicted molar refractivity (Wildman–Crippen MR) is 99.4 cm³/mol. The number of anilines is 1. The normalized spacial score (nSPS) is 11.1. The van der Waals surface area contributed by atoms with E-state index in [1.165, 1.54) is 0 Å². The Labute approximate surface area is 150 Å². The number of nitrogens with zero attached hydrogens (tertiary/aromatic N) is 1. The minimum Gasteiger partial charge on any atom is -0.350 e. The molecule has 1 amide bonds. The van der Waals surface area contributed by atoms with Crippen molar-refractivity contribution in [3.8, 4) is 0 Å². The Bertz CT molecular complexity index is 823. The van der Waals surface area contributed by atoms with Crippen LogP contribution in [0.1, 0.15) is 11.1 Å². The summed E-state index contributed by atoms with van der Waals surface area (Å²) in [6.45, 7) is 1.97. The summed E-state index contributed by atoms with van der Waals surface area (Å²) in [5, 5.41) is 2.74. The van der Waals surface area contributed by atoms with E-state index in [0.29, 0.717) is 12.2 Å². The monoisotopic (exact) mass is 410 g/mol. The zero-order valence-corrected chi connectivity index (χ0v) is 15.9.